The largest absolute Gasteiger partial charge is 0.298 e. The van der Waals surface area contributed by atoms with Gasteiger partial charge in [0.2, 0.25) is 0 Å². The van der Waals surface area contributed by atoms with E-state index in [4.69, 9.17) is 11.6 Å². The Morgan fingerprint density at radius 1 is 1.44 bits per heavy atom. The van der Waals surface area contributed by atoms with Crippen molar-refractivity contribution in [2.75, 3.05) is 0 Å². The number of aryl methyl sites for hydroxylation is 2. The van der Waals surface area contributed by atoms with Crippen molar-refractivity contribution in [2.45, 2.75) is 26.7 Å². The molecule has 0 aliphatic heterocycles. The van der Waals surface area contributed by atoms with E-state index in [-0.39, 0.29) is 0 Å². The van der Waals surface area contributed by atoms with Crippen molar-refractivity contribution < 1.29 is 4.79 Å². The third-order valence-electron chi connectivity index (χ3n) is 2.79. The maximum atomic E-state index is 11.1. The summed E-state index contributed by atoms with van der Waals surface area (Å²) in [6, 6.07) is 7.87. The molecule has 18 heavy (non-hydrogen) atoms. The Morgan fingerprint density at radius 3 is 2.83 bits per heavy atom. The molecule has 94 valence electrons. The third-order valence-corrected chi connectivity index (χ3v) is 3.15. The molecule has 0 saturated heterocycles. The van der Waals surface area contributed by atoms with Gasteiger partial charge in [-0.2, -0.15) is 5.10 Å². The molecule has 0 spiro atoms. The molecular weight excluding hydrogens is 248 g/mol. The highest BCUT2D eigenvalue weighted by Crippen LogP contribution is 2.23. The summed E-state index contributed by atoms with van der Waals surface area (Å²) in [4.78, 5) is 11.1. The van der Waals surface area contributed by atoms with Crippen LogP contribution in [0.1, 0.15) is 35.0 Å². The fourth-order valence-corrected chi connectivity index (χ4v) is 2.21. The number of carbonyl (C=O) groups excluding carboxylic acids is 1. The molecule has 2 rings (SSSR count). The number of hydrogen-bond acceptors (Lipinski definition) is 2. The van der Waals surface area contributed by atoms with Gasteiger partial charge in [0, 0.05) is 0 Å². The van der Waals surface area contributed by atoms with Crippen LogP contribution < -0.4 is 0 Å². The summed E-state index contributed by atoms with van der Waals surface area (Å²) >= 11 is 6.22. The van der Waals surface area contributed by atoms with Crippen LogP contribution in [0, 0.1) is 6.92 Å². The van der Waals surface area contributed by atoms with Gasteiger partial charge in [0.1, 0.15) is 5.15 Å². The molecule has 0 atom stereocenters. The molecule has 0 aliphatic carbocycles. The summed E-state index contributed by atoms with van der Waals surface area (Å²) in [5, 5.41) is 4.82. The Kier molecular flexibility index (Phi) is 3.82. The van der Waals surface area contributed by atoms with E-state index in [1.807, 2.05) is 38.1 Å². The molecule has 0 amide bonds. The van der Waals surface area contributed by atoms with Crippen molar-refractivity contribution in [1.82, 2.24) is 9.78 Å². The zero-order valence-electron chi connectivity index (χ0n) is 10.5. The third kappa shape index (κ3) is 2.31. The minimum absolute atomic E-state index is 0.388. The zero-order chi connectivity index (χ0) is 13.1. The molecule has 1 aromatic heterocycles. The molecule has 4 heteroatoms. The minimum Gasteiger partial charge on any atom is -0.298 e. The highest BCUT2D eigenvalue weighted by atomic mass is 35.5. The maximum absolute atomic E-state index is 11.1. The van der Waals surface area contributed by atoms with Crippen molar-refractivity contribution in [3.05, 3.63) is 46.2 Å². The fraction of sp³-hybridized carbons (Fsp3) is 0.286. The van der Waals surface area contributed by atoms with Gasteiger partial charge in [0.05, 0.1) is 16.9 Å². The van der Waals surface area contributed by atoms with E-state index in [9.17, 15) is 4.79 Å². The average molecular weight is 263 g/mol. The molecule has 1 aromatic carbocycles. The van der Waals surface area contributed by atoms with Gasteiger partial charge >= 0.3 is 0 Å². The summed E-state index contributed by atoms with van der Waals surface area (Å²) in [5.41, 5.74) is 3.27. The Bertz CT molecular complexity index is 575. The molecule has 1 heterocycles. The van der Waals surface area contributed by atoms with Crippen LogP contribution in [0.4, 0.5) is 0 Å². The standard InChI is InChI=1S/C14H15ClN2O/c1-3-5-13-12(9-18)14(15)17(16-13)11-7-4-6-10(2)8-11/h4,6-9H,3,5H2,1-2H3. The predicted molar refractivity (Wildman–Crippen MR) is 72.7 cm³/mol. The molecule has 0 bridgehead atoms. The van der Waals surface area contributed by atoms with Gasteiger partial charge in [0.25, 0.3) is 0 Å². The lowest BCUT2D eigenvalue weighted by atomic mass is 10.2. The van der Waals surface area contributed by atoms with Crippen LogP contribution in [0.5, 0.6) is 0 Å². The first-order valence-electron chi connectivity index (χ1n) is 5.97. The average Bonchev–Trinajstić information content (AvgIpc) is 2.66. The first kappa shape index (κ1) is 12.8. The number of halogens is 1. The smallest absolute Gasteiger partial charge is 0.155 e. The summed E-state index contributed by atoms with van der Waals surface area (Å²) in [5.74, 6) is 0. The monoisotopic (exact) mass is 262 g/mol. The van der Waals surface area contributed by atoms with E-state index in [1.165, 1.54) is 0 Å². The highest BCUT2D eigenvalue weighted by molar-refractivity contribution is 6.32. The summed E-state index contributed by atoms with van der Waals surface area (Å²) in [7, 11) is 0. The minimum atomic E-state index is 0.388. The molecule has 2 aromatic rings. The second-order valence-corrected chi connectivity index (χ2v) is 4.63. The van der Waals surface area contributed by atoms with E-state index in [2.05, 4.69) is 5.10 Å². The van der Waals surface area contributed by atoms with Crippen LogP contribution in [-0.4, -0.2) is 16.1 Å². The molecular formula is C14H15ClN2O. The molecule has 3 nitrogen and oxygen atoms in total. The van der Waals surface area contributed by atoms with Crippen LogP contribution in [0.25, 0.3) is 5.69 Å². The van der Waals surface area contributed by atoms with E-state index in [0.29, 0.717) is 10.7 Å². The van der Waals surface area contributed by atoms with E-state index < -0.39 is 0 Å². The van der Waals surface area contributed by atoms with Gasteiger partial charge in [-0.15, -0.1) is 0 Å². The number of hydrogen-bond donors (Lipinski definition) is 0. The first-order valence-corrected chi connectivity index (χ1v) is 6.34. The van der Waals surface area contributed by atoms with E-state index >= 15 is 0 Å². The summed E-state index contributed by atoms with van der Waals surface area (Å²) in [6.45, 7) is 4.06. The summed E-state index contributed by atoms with van der Waals surface area (Å²) < 4.78 is 1.63. The first-order chi connectivity index (χ1) is 8.67. The van der Waals surface area contributed by atoms with E-state index in [0.717, 1.165) is 36.1 Å². The van der Waals surface area contributed by atoms with Crippen LogP contribution in [0.3, 0.4) is 0 Å². The Morgan fingerprint density at radius 2 is 2.22 bits per heavy atom. The zero-order valence-corrected chi connectivity index (χ0v) is 11.2. The van der Waals surface area contributed by atoms with Crippen molar-refractivity contribution >= 4 is 17.9 Å². The van der Waals surface area contributed by atoms with Crippen LogP contribution in [-0.2, 0) is 6.42 Å². The molecule has 0 saturated carbocycles. The number of aromatic nitrogens is 2. The van der Waals surface area contributed by atoms with Gasteiger partial charge in [-0.05, 0) is 31.0 Å². The number of rotatable bonds is 4. The number of carbonyl (C=O) groups is 1. The molecule has 0 aliphatic rings. The van der Waals surface area contributed by atoms with Gasteiger partial charge in [0.15, 0.2) is 6.29 Å². The lowest BCUT2D eigenvalue weighted by Gasteiger charge is -2.03. The van der Waals surface area contributed by atoms with Gasteiger partial charge in [-0.25, -0.2) is 4.68 Å². The lowest BCUT2D eigenvalue weighted by molar-refractivity contribution is 0.112. The number of benzene rings is 1. The maximum Gasteiger partial charge on any atom is 0.155 e. The normalized spacial score (nSPS) is 10.6. The SMILES string of the molecule is CCCc1nn(-c2cccc(C)c2)c(Cl)c1C=O. The highest BCUT2D eigenvalue weighted by Gasteiger charge is 2.16. The molecule has 0 radical (unpaired) electrons. The second-order valence-electron chi connectivity index (χ2n) is 4.27. The Labute approximate surface area is 111 Å². The molecule has 0 N–H and O–H groups in total. The number of aldehydes is 1. The van der Waals surface area contributed by atoms with Crippen LogP contribution >= 0.6 is 11.6 Å². The van der Waals surface area contributed by atoms with Gasteiger partial charge < -0.3 is 0 Å². The predicted octanol–water partition coefficient (Wildman–Crippen LogP) is 3.60. The lowest BCUT2D eigenvalue weighted by Crippen LogP contribution is -1.97. The second kappa shape index (κ2) is 5.36. The van der Waals surface area contributed by atoms with Gasteiger partial charge in [-0.3, -0.25) is 4.79 Å². The Hall–Kier alpha value is -1.61. The molecule has 0 unspecified atom stereocenters. The summed E-state index contributed by atoms with van der Waals surface area (Å²) in [6.07, 6.45) is 2.47. The van der Waals surface area contributed by atoms with Crippen LogP contribution in [0.2, 0.25) is 5.15 Å². The van der Waals surface area contributed by atoms with Crippen molar-refractivity contribution in [1.29, 1.82) is 0 Å². The quantitative estimate of drug-likeness (QED) is 0.789. The topological polar surface area (TPSA) is 34.9 Å². The van der Waals surface area contributed by atoms with Crippen molar-refractivity contribution in [3.8, 4) is 5.69 Å². The van der Waals surface area contributed by atoms with Gasteiger partial charge in [-0.1, -0.05) is 37.1 Å². The molecule has 0 fully saturated rings. The van der Waals surface area contributed by atoms with E-state index in [1.54, 1.807) is 4.68 Å². The van der Waals surface area contributed by atoms with Crippen molar-refractivity contribution in [3.63, 3.8) is 0 Å². The van der Waals surface area contributed by atoms with Crippen LogP contribution in [0.15, 0.2) is 24.3 Å². The Balaban J connectivity index is 2.54. The van der Waals surface area contributed by atoms with Crippen molar-refractivity contribution in [2.24, 2.45) is 0 Å². The fourth-order valence-electron chi connectivity index (χ4n) is 1.92. The number of nitrogens with zero attached hydrogens (tertiary/aromatic N) is 2.